The topological polar surface area (TPSA) is 48.5 Å². The fourth-order valence-electron chi connectivity index (χ4n) is 7.88. The number of hydrogen-bond acceptors (Lipinski definition) is 3. The summed E-state index contributed by atoms with van der Waals surface area (Å²) in [7, 11) is 0. The summed E-state index contributed by atoms with van der Waals surface area (Å²) in [6, 6.07) is 51.2. The Kier molecular flexibility index (Phi) is 5.85. The first-order valence-corrected chi connectivity index (χ1v) is 16.7. The van der Waals surface area contributed by atoms with E-state index < -0.39 is 0 Å². The highest BCUT2D eigenvalue weighted by Gasteiger charge is 2.37. The van der Waals surface area contributed by atoms with Crippen LogP contribution < -0.4 is 0 Å². The van der Waals surface area contributed by atoms with Gasteiger partial charge in [0.2, 0.25) is 0 Å². The molecule has 0 aliphatic carbocycles. The molecule has 1 aliphatic heterocycles. The van der Waals surface area contributed by atoms with Gasteiger partial charge in [0.1, 0.15) is 0 Å². The smallest absolute Gasteiger partial charge is 0.164 e. The minimum absolute atomic E-state index is 0.240. The van der Waals surface area contributed by atoms with E-state index in [1.54, 1.807) is 0 Å². The molecule has 0 saturated heterocycles. The second-order valence-electron chi connectivity index (χ2n) is 13.4. The Morgan fingerprint density at radius 1 is 0.510 bits per heavy atom. The van der Waals surface area contributed by atoms with Crippen molar-refractivity contribution in [2.75, 3.05) is 0 Å². The lowest BCUT2D eigenvalue weighted by molar-refractivity contribution is 0.632. The van der Waals surface area contributed by atoms with E-state index in [-0.39, 0.29) is 5.41 Å². The van der Waals surface area contributed by atoms with E-state index in [4.69, 9.17) is 15.0 Å². The van der Waals surface area contributed by atoms with Gasteiger partial charge < -0.3 is 9.13 Å². The van der Waals surface area contributed by atoms with Crippen molar-refractivity contribution < 1.29 is 0 Å². The number of rotatable bonds is 4. The molecule has 0 fully saturated rings. The molecular formula is C44H31N5. The Balaban J connectivity index is 1.25. The molecule has 0 atom stereocenters. The van der Waals surface area contributed by atoms with Gasteiger partial charge in [-0.3, -0.25) is 0 Å². The largest absolute Gasteiger partial charge is 0.316 e. The molecule has 0 bridgehead atoms. The molecule has 3 aromatic heterocycles. The first-order chi connectivity index (χ1) is 24.1. The average Bonchev–Trinajstić information content (AvgIpc) is 3.73. The molecule has 0 N–H and O–H groups in total. The highest BCUT2D eigenvalue weighted by molar-refractivity contribution is 6.16. The third-order valence-corrected chi connectivity index (χ3v) is 10.1. The average molecular weight is 630 g/mol. The fraction of sp³-hybridized carbons (Fsp3) is 0.0682. The second kappa shape index (κ2) is 10.3. The highest BCUT2D eigenvalue weighted by atomic mass is 15.0. The van der Waals surface area contributed by atoms with Gasteiger partial charge in [-0.15, -0.1) is 0 Å². The Morgan fingerprint density at radius 2 is 1.12 bits per heavy atom. The summed E-state index contributed by atoms with van der Waals surface area (Å²) in [5, 5.41) is 3.75. The van der Waals surface area contributed by atoms with Gasteiger partial charge in [0.05, 0.1) is 16.6 Å². The molecule has 0 spiro atoms. The third-order valence-electron chi connectivity index (χ3n) is 10.1. The molecule has 9 aromatic rings. The molecule has 6 aromatic carbocycles. The van der Waals surface area contributed by atoms with Gasteiger partial charge >= 0.3 is 0 Å². The van der Waals surface area contributed by atoms with E-state index in [0.29, 0.717) is 17.5 Å². The normalized spacial score (nSPS) is 13.3. The molecule has 49 heavy (non-hydrogen) atoms. The van der Waals surface area contributed by atoms with Crippen molar-refractivity contribution in [3.05, 3.63) is 163 Å². The monoisotopic (exact) mass is 629 g/mol. The van der Waals surface area contributed by atoms with Crippen LogP contribution in [0.5, 0.6) is 0 Å². The van der Waals surface area contributed by atoms with E-state index >= 15 is 0 Å². The van der Waals surface area contributed by atoms with Crippen molar-refractivity contribution in [1.82, 2.24) is 24.1 Å². The van der Waals surface area contributed by atoms with Crippen LogP contribution in [-0.2, 0) is 5.41 Å². The lowest BCUT2D eigenvalue weighted by Gasteiger charge is -2.35. The van der Waals surface area contributed by atoms with Crippen LogP contribution in [0, 0.1) is 0 Å². The van der Waals surface area contributed by atoms with Crippen molar-refractivity contribution in [3.8, 4) is 45.5 Å². The summed E-state index contributed by atoms with van der Waals surface area (Å²) < 4.78 is 4.83. The number of hydrogen-bond donors (Lipinski definition) is 0. The zero-order valence-electron chi connectivity index (χ0n) is 27.2. The summed E-state index contributed by atoms with van der Waals surface area (Å²) in [6.45, 7) is 4.74. The number of nitrogens with zero attached hydrogens (tertiary/aromatic N) is 5. The molecule has 4 heterocycles. The van der Waals surface area contributed by atoms with Crippen molar-refractivity contribution >= 4 is 32.7 Å². The Bertz CT molecular complexity index is 2680. The lowest BCUT2D eigenvalue weighted by atomic mass is 9.74. The van der Waals surface area contributed by atoms with Gasteiger partial charge in [-0.05, 0) is 42.0 Å². The van der Waals surface area contributed by atoms with E-state index in [9.17, 15) is 0 Å². The molecule has 0 unspecified atom stereocenters. The summed E-state index contributed by atoms with van der Waals surface area (Å²) in [4.78, 5) is 15.0. The lowest BCUT2D eigenvalue weighted by Crippen LogP contribution is -2.27. The van der Waals surface area contributed by atoms with E-state index in [2.05, 4.69) is 114 Å². The Hall–Kier alpha value is -6.33. The van der Waals surface area contributed by atoms with Crippen LogP contribution in [0.15, 0.2) is 152 Å². The zero-order valence-corrected chi connectivity index (χ0v) is 27.2. The summed E-state index contributed by atoms with van der Waals surface area (Å²) in [6.07, 6.45) is 2.23. The summed E-state index contributed by atoms with van der Waals surface area (Å²) in [5.74, 6) is 1.95. The first-order valence-electron chi connectivity index (χ1n) is 16.7. The molecule has 5 heteroatoms. The number of benzene rings is 6. The van der Waals surface area contributed by atoms with Crippen LogP contribution in [0.4, 0.5) is 0 Å². The predicted molar refractivity (Wildman–Crippen MR) is 199 cm³/mol. The van der Waals surface area contributed by atoms with Gasteiger partial charge in [0.15, 0.2) is 17.5 Å². The molecule has 0 amide bonds. The van der Waals surface area contributed by atoms with Gasteiger partial charge in [-0.2, -0.15) is 0 Å². The first kappa shape index (κ1) is 27.8. The van der Waals surface area contributed by atoms with Gasteiger partial charge in [-0.1, -0.05) is 123 Å². The van der Waals surface area contributed by atoms with Crippen LogP contribution in [-0.4, -0.2) is 24.1 Å². The molecule has 0 radical (unpaired) electrons. The minimum atomic E-state index is -0.240. The van der Waals surface area contributed by atoms with Crippen molar-refractivity contribution in [3.63, 3.8) is 0 Å². The highest BCUT2D eigenvalue weighted by Crippen LogP contribution is 2.50. The van der Waals surface area contributed by atoms with Crippen molar-refractivity contribution in [2.45, 2.75) is 19.3 Å². The van der Waals surface area contributed by atoms with Gasteiger partial charge in [0, 0.05) is 61.4 Å². The van der Waals surface area contributed by atoms with E-state index in [1.165, 1.54) is 49.5 Å². The van der Waals surface area contributed by atoms with Crippen LogP contribution in [0.25, 0.3) is 78.2 Å². The van der Waals surface area contributed by atoms with Crippen LogP contribution in [0.1, 0.15) is 25.0 Å². The van der Waals surface area contributed by atoms with Crippen molar-refractivity contribution in [2.24, 2.45) is 0 Å². The maximum atomic E-state index is 5.05. The maximum absolute atomic E-state index is 5.05. The molecule has 0 saturated carbocycles. The van der Waals surface area contributed by atoms with Gasteiger partial charge in [0.25, 0.3) is 0 Å². The standard InChI is InChI=1S/C44H31N5/c1-44(2)35-21-10-12-23-37(35)48-25-24-30-27-34-33-20-9-11-22-36(33)49(40(34)38(44)39(30)48)32-19-13-18-31(26-32)43-46-41(28-14-5-3-6-15-28)45-42(47-43)29-16-7-4-8-17-29/h3-27H,1-2H3. The van der Waals surface area contributed by atoms with Crippen LogP contribution in [0.2, 0.25) is 0 Å². The van der Waals surface area contributed by atoms with Crippen molar-refractivity contribution in [1.29, 1.82) is 0 Å². The number of fused-ring (bicyclic) bond motifs is 6. The van der Waals surface area contributed by atoms with E-state index in [1.807, 2.05) is 60.7 Å². The molecule has 1 aliphatic rings. The third kappa shape index (κ3) is 4.09. The second-order valence-corrected chi connectivity index (χ2v) is 13.4. The number of para-hydroxylation sites is 2. The predicted octanol–water partition coefficient (Wildman–Crippen LogP) is 10.6. The summed E-state index contributed by atoms with van der Waals surface area (Å²) >= 11 is 0. The van der Waals surface area contributed by atoms with E-state index in [0.717, 1.165) is 22.4 Å². The molecular weight excluding hydrogens is 599 g/mol. The number of aromatic nitrogens is 5. The molecule has 5 nitrogen and oxygen atoms in total. The Labute approximate surface area is 283 Å². The Morgan fingerprint density at radius 3 is 1.86 bits per heavy atom. The molecule has 232 valence electrons. The summed E-state index contributed by atoms with van der Waals surface area (Å²) in [5.41, 5.74) is 11.3. The van der Waals surface area contributed by atoms with Crippen LogP contribution in [0.3, 0.4) is 0 Å². The molecule has 10 rings (SSSR count). The zero-order chi connectivity index (χ0) is 32.7. The van der Waals surface area contributed by atoms with Crippen LogP contribution >= 0.6 is 0 Å². The maximum Gasteiger partial charge on any atom is 0.164 e. The quantitative estimate of drug-likeness (QED) is 0.195. The van der Waals surface area contributed by atoms with Gasteiger partial charge in [-0.25, -0.2) is 15.0 Å². The fourth-order valence-corrected chi connectivity index (χ4v) is 7.88. The minimum Gasteiger partial charge on any atom is -0.316 e. The SMILES string of the molecule is CC1(C)c2ccccc2-n2ccc3cc4c5ccccc5n(-c5cccc(-c6nc(-c7ccccc7)nc(-c7ccccc7)n6)c5)c4c1c32.